The number of carbonyl (C=O) groups excluding carboxylic acids is 1. The summed E-state index contributed by atoms with van der Waals surface area (Å²) in [5.74, 6) is 0.940. The molecule has 2 aliphatic rings. The van der Waals surface area contributed by atoms with Crippen molar-refractivity contribution in [3.05, 3.63) is 83.2 Å². The minimum atomic E-state index is -0.270. The van der Waals surface area contributed by atoms with E-state index in [0.29, 0.717) is 12.3 Å². The van der Waals surface area contributed by atoms with E-state index in [0.717, 1.165) is 45.9 Å². The second kappa shape index (κ2) is 7.37. The van der Waals surface area contributed by atoms with E-state index < -0.39 is 0 Å². The van der Waals surface area contributed by atoms with Crippen molar-refractivity contribution in [3.63, 3.8) is 0 Å². The number of H-pyrrole nitrogens is 1. The summed E-state index contributed by atoms with van der Waals surface area (Å²) in [5, 5.41) is 10.5. The van der Waals surface area contributed by atoms with Gasteiger partial charge in [-0.2, -0.15) is 5.10 Å². The van der Waals surface area contributed by atoms with Crippen molar-refractivity contribution in [1.82, 2.24) is 15.2 Å². The van der Waals surface area contributed by atoms with Gasteiger partial charge in [-0.05, 0) is 42.2 Å². The molecule has 0 saturated carbocycles. The molecule has 1 aliphatic carbocycles. The fraction of sp³-hybridized carbons (Fsp3) is 0.208. The number of aromatic nitrogens is 3. The molecule has 5 rings (SSSR count). The molecule has 5 nitrogen and oxygen atoms in total. The lowest BCUT2D eigenvalue weighted by Crippen LogP contribution is -2.28. The number of nitrogens with one attached hydrogen (secondary N) is 2. The second-order valence-corrected chi connectivity index (χ2v) is 7.97. The van der Waals surface area contributed by atoms with Crippen molar-refractivity contribution in [2.45, 2.75) is 25.7 Å². The highest BCUT2D eigenvalue weighted by Gasteiger charge is 2.35. The number of allylic oxidation sites excluding steroid dienone is 3. The highest BCUT2D eigenvalue weighted by molar-refractivity contribution is 6.00. The molecule has 3 heterocycles. The highest BCUT2D eigenvalue weighted by Crippen LogP contribution is 2.43. The fourth-order valence-corrected chi connectivity index (χ4v) is 4.28. The summed E-state index contributed by atoms with van der Waals surface area (Å²) in [6.07, 6.45) is 8.87. The third-order valence-corrected chi connectivity index (χ3v) is 5.71. The van der Waals surface area contributed by atoms with E-state index in [-0.39, 0.29) is 17.5 Å². The zero-order valence-corrected chi connectivity index (χ0v) is 16.5. The van der Waals surface area contributed by atoms with Crippen molar-refractivity contribution in [1.29, 1.82) is 0 Å². The van der Waals surface area contributed by atoms with Crippen LogP contribution in [0, 0.1) is 11.7 Å². The number of halogens is 1. The van der Waals surface area contributed by atoms with E-state index in [4.69, 9.17) is 0 Å². The largest absolute Gasteiger partial charge is 0.343 e. The van der Waals surface area contributed by atoms with Gasteiger partial charge in [0, 0.05) is 40.9 Å². The molecule has 2 atom stereocenters. The number of anilines is 1. The molecule has 0 saturated heterocycles. The first kappa shape index (κ1) is 18.5. The molecular formula is C24H21FN4O. The van der Waals surface area contributed by atoms with Crippen LogP contribution in [0.15, 0.2) is 66.1 Å². The third-order valence-electron chi connectivity index (χ3n) is 5.71. The molecule has 30 heavy (non-hydrogen) atoms. The molecule has 150 valence electrons. The van der Waals surface area contributed by atoms with E-state index in [1.54, 1.807) is 18.5 Å². The Labute approximate surface area is 173 Å². The van der Waals surface area contributed by atoms with E-state index in [1.807, 2.05) is 30.4 Å². The highest BCUT2D eigenvalue weighted by atomic mass is 19.1. The average molecular weight is 400 g/mol. The van der Waals surface area contributed by atoms with Crippen molar-refractivity contribution in [2.24, 2.45) is 5.92 Å². The summed E-state index contributed by atoms with van der Waals surface area (Å²) in [6, 6.07) is 10.3. The number of nitrogens with zero attached hydrogens (tertiary/aromatic N) is 2. The van der Waals surface area contributed by atoms with Gasteiger partial charge < -0.3 is 5.32 Å². The zero-order valence-electron chi connectivity index (χ0n) is 16.5. The van der Waals surface area contributed by atoms with Crippen molar-refractivity contribution < 1.29 is 9.18 Å². The van der Waals surface area contributed by atoms with Gasteiger partial charge in [-0.25, -0.2) is 4.39 Å². The van der Waals surface area contributed by atoms with Crippen LogP contribution in [-0.4, -0.2) is 21.0 Å². The number of fused-ring (bicyclic) bond motifs is 1. The van der Waals surface area contributed by atoms with Gasteiger partial charge in [-0.3, -0.25) is 14.9 Å². The number of ketones is 1. The topological polar surface area (TPSA) is 70.7 Å². The van der Waals surface area contributed by atoms with Crippen LogP contribution in [0.4, 0.5) is 10.2 Å². The first-order valence-corrected chi connectivity index (χ1v) is 10.0. The maximum absolute atomic E-state index is 13.5. The lowest BCUT2D eigenvalue weighted by atomic mass is 9.77. The molecule has 2 N–H and O–H groups in total. The standard InChI is InChI=1S/C24H21FN4O/c1-14-9-21-23(22(30)10-14)19(20-13-27-29-24(20)28-21)8-7-18-6-5-16(12-26-18)15-3-2-4-17(25)11-15/h2-8,11-14,19H,9-10H2,1H3,(H2,27,28,29)/b8-7+. The minimum Gasteiger partial charge on any atom is -0.343 e. The van der Waals surface area contributed by atoms with Crippen LogP contribution in [-0.2, 0) is 4.79 Å². The Bertz CT molecular complexity index is 1180. The Morgan fingerprint density at radius 1 is 1.13 bits per heavy atom. The van der Waals surface area contributed by atoms with E-state index in [2.05, 4.69) is 27.4 Å². The van der Waals surface area contributed by atoms with Crippen LogP contribution in [0.5, 0.6) is 0 Å². The van der Waals surface area contributed by atoms with E-state index in [1.165, 1.54) is 12.1 Å². The Morgan fingerprint density at radius 3 is 2.83 bits per heavy atom. The van der Waals surface area contributed by atoms with Gasteiger partial charge in [-0.15, -0.1) is 0 Å². The molecule has 0 amide bonds. The van der Waals surface area contributed by atoms with Gasteiger partial charge in [0.2, 0.25) is 0 Å². The molecule has 2 aromatic heterocycles. The van der Waals surface area contributed by atoms with Crippen LogP contribution >= 0.6 is 0 Å². The summed E-state index contributed by atoms with van der Waals surface area (Å²) in [4.78, 5) is 17.3. The number of aromatic amines is 1. The molecule has 1 aliphatic heterocycles. The predicted octanol–water partition coefficient (Wildman–Crippen LogP) is 5.09. The minimum absolute atomic E-state index is 0.153. The number of hydrogen-bond acceptors (Lipinski definition) is 4. The predicted molar refractivity (Wildman–Crippen MR) is 114 cm³/mol. The zero-order chi connectivity index (χ0) is 20.7. The van der Waals surface area contributed by atoms with Crippen LogP contribution in [0.3, 0.4) is 0 Å². The molecule has 1 aromatic carbocycles. The molecule has 0 bridgehead atoms. The maximum Gasteiger partial charge on any atom is 0.161 e. The number of pyridine rings is 1. The van der Waals surface area contributed by atoms with Crippen LogP contribution < -0.4 is 5.32 Å². The Balaban J connectivity index is 1.45. The monoisotopic (exact) mass is 400 g/mol. The van der Waals surface area contributed by atoms with Gasteiger partial charge >= 0.3 is 0 Å². The first-order chi connectivity index (χ1) is 14.6. The molecule has 6 heteroatoms. The molecule has 2 unspecified atom stereocenters. The SMILES string of the molecule is CC1CC(=O)C2=C(C1)Nc1[nH]ncc1C2/C=C/c1ccc(-c2cccc(F)c2)cn1. The summed E-state index contributed by atoms with van der Waals surface area (Å²) in [6.45, 7) is 2.10. The van der Waals surface area contributed by atoms with Crippen LogP contribution in [0.1, 0.15) is 36.9 Å². The molecular weight excluding hydrogens is 379 g/mol. The van der Waals surface area contributed by atoms with Crippen molar-refractivity contribution >= 4 is 17.7 Å². The van der Waals surface area contributed by atoms with Gasteiger partial charge in [0.25, 0.3) is 0 Å². The lowest BCUT2D eigenvalue weighted by molar-refractivity contribution is -0.117. The number of hydrogen-bond donors (Lipinski definition) is 2. The number of Topliss-reactive ketones (excluding diaryl/α,β-unsaturated/α-hetero) is 1. The van der Waals surface area contributed by atoms with Crippen LogP contribution in [0.25, 0.3) is 17.2 Å². The molecule has 0 radical (unpaired) electrons. The number of carbonyl (C=O) groups is 1. The quantitative estimate of drug-likeness (QED) is 0.643. The summed E-state index contributed by atoms with van der Waals surface area (Å²) >= 11 is 0. The molecule has 0 fully saturated rings. The van der Waals surface area contributed by atoms with Gasteiger partial charge in [0.15, 0.2) is 5.78 Å². The summed E-state index contributed by atoms with van der Waals surface area (Å²) in [7, 11) is 0. The van der Waals surface area contributed by atoms with E-state index >= 15 is 0 Å². The summed E-state index contributed by atoms with van der Waals surface area (Å²) < 4.78 is 13.5. The normalized spacial score (nSPS) is 20.8. The number of benzene rings is 1. The summed E-state index contributed by atoms with van der Waals surface area (Å²) in [5.41, 5.74) is 5.19. The van der Waals surface area contributed by atoms with E-state index in [9.17, 15) is 9.18 Å². The van der Waals surface area contributed by atoms with Crippen LogP contribution in [0.2, 0.25) is 0 Å². The smallest absolute Gasteiger partial charge is 0.161 e. The van der Waals surface area contributed by atoms with Gasteiger partial charge in [0.05, 0.1) is 11.9 Å². The Hall–Kier alpha value is -3.54. The average Bonchev–Trinajstić information content (AvgIpc) is 3.20. The molecule has 0 spiro atoms. The second-order valence-electron chi connectivity index (χ2n) is 7.97. The van der Waals surface area contributed by atoms with Crippen molar-refractivity contribution in [2.75, 3.05) is 5.32 Å². The van der Waals surface area contributed by atoms with Crippen molar-refractivity contribution in [3.8, 4) is 11.1 Å². The lowest BCUT2D eigenvalue weighted by Gasteiger charge is -2.32. The van der Waals surface area contributed by atoms with Gasteiger partial charge in [-0.1, -0.05) is 31.2 Å². The Kier molecular flexibility index (Phi) is 4.54. The van der Waals surface area contributed by atoms with Gasteiger partial charge in [0.1, 0.15) is 11.6 Å². The molecule has 3 aromatic rings. The first-order valence-electron chi connectivity index (χ1n) is 10.0. The number of rotatable bonds is 3. The fourth-order valence-electron chi connectivity index (χ4n) is 4.28. The Morgan fingerprint density at radius 2 is 2.03 bits per heavy atom. The third kappa shape index (κ3) is 3.34. The maximum atomic E-state index is 13.5.